The Morgan fingerprint density at radius 1 is 1.11 bits per heavy atom. The summed E-state index contributed by atoms with van der Waals surface area (Å²) in [5.74, 6) is -0.504. The first-order valence-corrected chi connectivity index (χ1v) is 7.43. The number of rotatable bonds is 3. The molecule has 19 heavy (non-hydrogen) atoms. The number of nitrogens with one attached hydrogen (secondary N) is 1. The van der Waals surface area contributed by atoms with Crippen LogP contribution in [0.4, 0.5) is 10.1 Å². The van der Waals surface area contributed by atoms with E-state index < -0.39 is 15.8 Å². The van der Waals surface area contributed by atoms with E-state index in [4.69, 9.17) is 0 Å². The van der Waals surface area contributed by atoms with Crippen LogP contribution >= 0.6 is 15.9 Å². The minimum atomic E-state index is -3.78. The summed E-state index contributed by atoms with van der Waals surface area (Å²) in [5.41, 5.74) is 0.286. The summed E-state index contributed by atoms with van der Waals surface area (Å²) in [6.45, 7) is 0. The molecular weight excluding hydrogens is 337 g/mol. The summed E-state index contributed by atoms with van der Waals surface area (Å²) >= 11 is 3.08. The third-order valence-corrected chi connectivity index (χ3v) is 4.36. The van der Waals surface area contributed by atoms with E-state index in [1.54, 1.807) is 0 Å². The molecule has 2 aromatic carbocycles. The van der Waals surface area contributed by atoms with Crippen LogP contribution in [0.5, 0.6) is 5.75 Å². The van der Waals surface area contributed by atoms with Gasteiger partial charge in [-0.1, -0.05) is 0 Å². The summed E-state index contributed by atoms with van der Waals surface area (Å²) in [7, 11) is -3.78. The molecule has 0 bridgehead atoms. The van der Waals surface area contributed by atoms with Crippen molar-refractivity contribution in [1.29, 1.82) is 0 Å². The average Bonchev–Trinajstić information content (AvgIpc) is 2.34. The number of aromatic hydroxyl groups is 1. The number of anilines is 1. The number of hydrogen-bond acceptors (Lipinski definition) is 3. The first kappa shape index (κ1) is 13.8. The van der Waals surface area contributed by atoms with Gasteiger partial charge in [-0.2, -0.15) is 0 Å². The molecule has 0 aliphatic rings. The SMILES string of the molecule is O=S(=O)(Nc1ccc(O)c(Br)c1)c1ccc(F)cc1. The highest BCUT2D eigenvalue weighted by Crippen LogP contribution is 2.27. The van der Waals surface area contributed by atoms with Crippen molar-refractivity contribution in [2.24, 2.45) is 0 Å². The van der Waals surface area contributed by atoms with E-state index in [0.29, 0.717) is 4.47 Å². The lowest BCUT2D eigenvalue weighted by molar-refractivity contribution is 0.472. The van der Waals surface area contributed by atoms with Gasteiger partial charge >= 0.3 is 0 Å². The second kappa shape index (κ2) is 5.18. The predicted molar refractivity (Wildman–Crippen MR) is 73.0 cm³/mol. The van der Waals surface area contributed by atoms with Crippen LogP contribution in [0.15, 0.2) is 51.8 Å². The molecule has 2 N–H and O–H groups in total. The first-order valence-electron chi connectivity index (χ1n) is 5.15. The Kier molecular flexibility index (Phi) is 3.77. The highest BCUT2D eigenvalue weighted by Gasteiger charge is 2.14. The maximum absolute atomic E-state index is 12.7. The lowest BCUT2D eigenvalue weighted by atomic mass is 10.3. The number of phenolic OH excluding ortho intramolecular Hbond substituents is 1. The second-order valence-corrected chi connectivity index (χ2v) is 6.26. The second-order valence-electron chi connectivity index (χ2n) is 3.73. The van der Waals surface area contributed by atoms with Gasteiger partial charge in [0.25, 0.3) is 10.0 Å². The lowest BCUT2D eigenvalue weighted by Gasteiger charge is -2.08. The number of hydrogen-bond donors (Lipinski definition) is 2. The van der Waals surface area contributed by atoms with Crippen LogP contribution in [0.1, 0.15) is 0 Å². The third-order valence-electron chi connectivity index (χ3n) is 2.32. The molecule has 0 aliphatic carbocycles. The van der Waals surface area contributed by atoms with Crippen molar-refractivity contribution in [2.45, 2.75) is 4.90 Å². The van der Waals surface area contributed by atoms with E-state index in [0.717, 1.165) is 12.1 Å². The molecule has 0 radical (unpaired) electrons. The van der Waals surface area contributed by atoms with Gasteiger partial charge in [0, 0.05) is 0 Å². The molecule has 0 unspecified atom stereocenters. The molecule has 100 valence electrons. The zero-order valence-corrected chi connectivity index (χ0v) is 11.9. The maximum atomic E-state index is 12.7. The quantitative estimate of drug-likeness (QED) is 0.840. The van der Waals surface area contributed by atoms with Crippen LogP contribution < -0.4 is 4.72 Å². The minimum absolute atomic E-state index is 0.00438. The maximum Gasteiger partial charge on any atom is 0.261 e. The fourth-order valence-electron chi connectivity index (χ4n) is 1.40. The number of halogens is 2. The highest BCUT2D eigenvalue weighted by atomic mass is 79.9. The van der Waals surface area contributed by atoms with Gasteiger partial charge in [-0.25, -0.2) is 12.8 Å². The summed E-state index contributed by atoms with van der Waals surface area (Å²) in [4.78, 5) is -0.0434. The van der Waals surface area contributed by atoms with E-state index in [9.17, 15) is 17.9 Å². The van der Waals surface area contributed by atoms with Gasteiger partial charge in [-0.15, -0.1) is 0 Å². The van der Waals surface area contributed by atoms with Crippen molar-refractivity contribution in [2.75, 3.05) is 4.72 Å². The summed E-state index contributed by atoms with van der Waals surface area (Å²) in [6, 6.07) is 8.69. The van der Waals surface area contributed by atoms with E-state index in [1.807, 2.05) is 0 Å². The fraction of sp³-hybridized carbons (Fsp3) is 0. The van der Waals surface area contributed by atoms with Crippen LogP contribution in [-0.2, 0) is 10.0 Å². The van der Waals surface area contributed by atoms with Crippen LogP contribution in [0, 0.1) is 5.82 Å². The smallest absolute Gasteiger partial charge is 0.261 e. The molecule has 2 aromatic rings. The summed E-state index contributed by atoms with van der Waals surface area (Å²) < 4.78 is 39.4. The largest absolute Gasteiger partial charge is 0.507 e. The van der Waals surface area contributed by atoms with Gasteiger partial charge in [0.2, 0.25) is 0 Å². The Labute approximate surface area is 118 Å². The van der Waals surface area contributed by atoms with Crippen molar-refractivity contribution >= 4 is 31.6 Å². The molecule has 0 heterocycles. The van der Waals surface area contributed by atoms with E-state index in [2.05, 4.69) is 20.7 Å². The number of sulfonamides is 1. The molecule has 0 spiro atoms. The van der Waals surface area contributed by atoms with Crippen LogP contribution in [0.2, 0.25) is 0 Å². The Bertz CT molecular complexity index is 701. The van der Waals surface area contributed by atoms with Gasteiger partial charge in [-0.05, 0) is 58.4 Å². The molecule has 7 heteroatoms. The third kappa shape index (κ3) is 3.24. The topological polar surface area (TPSA) is 66.4 Å². The summed E-state index contributed by atoms with van der Waals surface area (Å²) in [6.07, 6.45) is 0. The summed E-state index contributed by atoms with van der Waals surface area (Å²) in [5, 5.41) is 9.32. The molecule has 2 rings (SSSR count). The van der Waals surface area contributed by atoms with Gasteiger partial charge < -0.3 is 5.11 Å². The Hall–Kier alpha value is -1.60. The van der Waals surface area contributed by atoms with Crippen LogP contribution in [0.25, 0.3) is 0 Å². The van der Waals surface area contributed by atoms with Crippen molar-refractivity contribution < 1.29 is 17.9 Å². The molecular formula is C12H9BrFNO3S. The Morgan fingerprint density at radius 3 is 2.32 bits per heavy atom. The fourth-order valence-corrected chi connectivity index (χ4v) is 2.83. The molecule has 0 atom stereocenters. The Morgan fingerprint density at radius 2 is 1.74 bits per heavy atom. The van der Waals surface area contributed by atoms with E-state index in [1.165, 1.54) is 30.3 Å². The molecule has 4 nitrogen and oxygen atoms in total. The van der Waals surface area contributed by atoms with Crippen molar-refractivity contribution in [3.05, 3.63) is 52.8 Å². The zero-order chi connectivity index (χ0) is 14.0. The van der Waals surface area contributed by atoms with Gasteiger partial charge in [0.1, 0.15) is 11.6 Å². The van der Waals surface area contributed by atoms with Crippen LogP contribution in [-0.4, -0.2) is 13.5 Å². The molecule has 0 amide bonds. The van der Waals surface area contributed by atoms with Gasteiger partial charge in [0.15, 0.2) is 0 Å². The molecule has 0 aliphatic heterocycles. The van der Waals surface area contributed by atoms with E-state index >= 15 is 0 Å². The molecule has 0 saturated heterocycles. The van der Waals surface area contributed by atoms with Crippen molar-refractivity contribution in [1.82, 2.24) is 0 Å². The van der Waals surface area contributed by atoms with Crippen LogP contribution in [0.3, 0.4) is 0 Å². The first-order chi connectivity index (χ1) is 8.88. The molecule has 0 aromatic heterocycles. The standard InChI is InChI=1S/C12H9BrFNO3S/c13-11-7-9(3-6-12(11)16)15-19(17,18)10-4-1-8(14)2-5-10/h1-7,15-16H. The van der Waals surface area contributed by atoms with Gasteiger partial charge in [-0.3, -0.25) is 4.72 Å². The van der Waals surface area contributed by atoms with Crippen molar-refractivity contribution in [3.8, 4) is 5.75 Å². The Balaban J connectivity index is 2.30. The average molecular weight is 346 g/mol. The highest BCUT2D eigenvalue weighted by molar-refractivity contribution is 9.10. The number of phenols is 1. The monoisotopic (exact) mass is 345 g/mol. The molecule has 0 saturated carbocycles. The van der Waals surface area contributed by atoms with Crippen molar-refractivity contribution in [3.63, 3.8) is 0 Å². The number of benzene rings is 2. The normalized spacial score (nSPS) is 11.3. The van der Waals surface area contributed by atoms with E-state index in [-0.39, 0.29) is 16.3 Å². The lowest BCUT2D eigenvalue weighted by Crippen LogP contribution is -2.12. The molecule has 0 fully saturated rings. The zero-order valence-electron chi connectivity index (χ0n) is 9.47. The van der Waals surface area contributed by atoms with Gasteiger partial charge in [0.05, 0.1) is 15.1 Å². The predicted octanol–water partition coefficient (Wildman–Crippen LogP) is 3.09. The minimum Gasteiger partial charge on any atom is -0.507 e.